The second-order valence-electron chi connectivity index (χ2n) is 4.76. The number of carbonyl (C=O) groups excluding carboxylic acids is 2. The average Bonchev–Trinajstić information content (AvgIpc) is 2.56. The van der Waals surface area contributed by atoms with Gasteiger partial charge in [-0.2, -0.15) is 0 Å². The molecule has 120 valence electrons. The summed E-state index contributed by atoms with van der Waals surface area (Å²) in [5.41, 5.74) is 1.80. The summed E-state index contributed by atoms with van der Waals surface area (Å²) in [6, 6.07) is 8.55. The van der Waals surface area contributed by atoms with Crippen LogP contribution in [0.5, 0.6) is 5.75 Å². The number of amides is 2. The Morgan fingerprint density at radius 2 is 2.04 bits per heavy atom. The number of aromatic nitrogens is 1. The Kier molecular flexibility index (Phi) is 5.54. The van der Waals surface area contributed by atoms with Gasteiger partial charge in [-0.25, -0.2) is 0 Å². The predicted molar refractivity (Wildman–Crippen MR) is 87.5 cm³/mol. The minimum Gasteiger partial charge on any atom is -0.495 e. The molecular formula is C16H16ClN3O3. The maximum Gasteiger partial charge on any atom is 0.313 e. The van der Waals surface area contributed by atoms with Gasteiger partial charge in [0.05, 0.1) is 25.0 Å². The van der Waals surface area contributed by atoms with Crippen LogP contribution in [0.2, 0.25) is 5.02 Å². The van der Waals surface area contributed by atoms with Gasteiger partial charge in [0.1, 0.15) is 5.75 Å². The van der Waals surface area contributed by atoms with Crippen LogP contribution < -0.4 is 15.4 Å². The van der Waals surface area contributed by atoms with Crippen LogP contribution in [0.15, 0.2) is 36.5 Å². The SMILES string of the molecule is COc1cc(Cl)c(C)cc1NC(=O)C(=O)NCc1ccccn1. The number of carbonyl (C=O) groups is 2. The molecule has 6 nitrogen and oxygen atoms in total. The topological polar surface area (TPSA) is 80.3 Å². The maximum atomic E-state index is 12.0. The third-order valence-corrected chi connectivity index (χ3v) is 3.50. The highest BCUT2D eigenvalue weighted by atomic mass is 35.5. The molecule has 0 spiro atoms. The van der Waals surface area contributed by atoms with E-state index in [2.05, 4.69) is 15.6 Å². The first-order valence-electron chi connectivity index (χ1n) is 6.84. The Morgan fingerprint density at radius 1 is 1.26 bits per heavy atom. The smallest absolute Gasteiger partial charge is 0.313 e. The van der Waals surface area contributed by atoms with E-state index in [0.29, 0.717) is 22.2 Å². The minimum atomic E-state index is -0.791. The second kappa shape index (κ2) is 7.60. The Labute approximate surface area is 138 Å². The molecule has 2 amide bonds. The van der Waals surface area contributed by atoms with Crippen molar-refractivity contribution in [3.63, 3.8) is 0 Å². The zero-order chi connectivity index (χ0) is 16.8. The molecule has 23 heavy (non-hydrogen) atoms. The molecule has 2 aromatic rings. The maximum absolute atomic E-state index is 12.0. The predicted octanol–water partition coefficient (Wildman–Crippen LogP) is 2.31. The summed E-state index contributed by atoms with van der Waals surface area (Å²) in [6.45, 7) is 1.96. The molecule has 2 N–H and O–H groups in total. The van der Waals surface area contributed by atoms with E-state index in [4.69, 9.17) is 16.3 Å². The van der Waals surface area contributed by atoms with Gasteiger partial charge in [0.2, 0.25) is 0 Å². The fraction of sp³-hybridized carbons (Fsp3) is 0.188. The van der Waals surface area contributed by atoms with Crippen molar-refractivity contribution in [1.29, 1.82) is 0 Å². The van der Waals surface area contributed by atoms with Gasteiger partial charge in [0.15, 0.2) is 0 Å². The van der Waals surface area contributed by atoms with Gasteiger partial charge in [0.25, 0.3) is 0 Å². The fourth-order valence-electron chi connectivity index (χ4n) is 1.86. The summed E-state index contributed by atoms with van der Waals surface area (Å²) in [5, 5.41) is 5.53. The molecule has 0 unspecified atom stereocenters. The molecule has 0 saturated heterocycles. The van der Waals surface area contributed by atoms with Crippen LogP contribution in [0.4, 0.5) is 5.69 Å². The fourth-order valence-corrected chi connectivity index (χ4v) is 2.02. The number of ether oxygens (including phenoxy) is 1. The van der Waals surface area contributed by atoms with Crippen molar-refractivity contribution in [3.8, 4) is 5.75 Å². The van der Waals surface area contributed by atoms with E-state index < -0.39 is 11.8 Å². The van der Waals surface area contributed by atoms with E-state index in [0.717, 1.165) is 5.56 Å². The molecule has 0 saturated carbocycles. The molecule has 1 aromatic heterocycles. The molecular weight excluding hydrogens is 318 g/mol. The summed E-state index contributed by atoms with van der Waals surface area (Å²) >= 11 is 6.00. The largest absolute Gasteiger partial charge is 0.495 e. The molecule has 0 atom stereocenters. The van der Waals surface area contributed by atoms with E-state index in [-0.39, 0.29) is 6.54 Å². The van der Waals surface area contributed by atoms with Crippen molar-refractivity contribution in [2.45, 2.75) is 13.5 Å². The highest BCUT2D eigenvalue weighted by Crippen LogP contribution is 2.30. The van der Waals surface area contributed by atoms with Crippen LogP contribution in [0.25, 0.3) is 0 Å². The lowest BCUT2D eigenvalue weighted by Gasteiger charge is -2.12. The zero-order valence-corrected chi connectivity index (χ0v) is 13.5. The number of anilines is 1. The van der Waals surface area contributed by atoms with E-state index in [1.54, 1.807) is 43.5 Å². The van der Waals surface area contributed by atoms with Gasteiger partial charge in [-0.15, -0.1) is 0 Å². The molecule has 7 heteroatoms. The Balaban J connectivity index is 2.01. The van der Waals surface area contributed by atoms with Crippen LogP contribution in [0.3, 0.4) is 0 Å². The Bertz CT molecular complexity index is 720. The molecule has 0 aliphatic carbocycles. The highest BCUT2D eigenvalue weighted by molar-refractivity contribution is 6.39. The summed E-state index contributed by atoms with van der Waals surface area (Å²) in [5.74, 6) is -1.17. The molecule has 1 aromatic carbocycles. The van der Waals surface area contributed by atoms with Gasteiger partial charge in [-0.1, -0.05) is 17.7 Å². The standard InChI is InChI=1S/C16H16ClN3O3/c1-10-7-13(14(23-2)8-12(10)17)20-16(22)15(21)19-9-11-5-3-4-6-18-11/h3-8H,9H2,1-2H3,(H,19,21)(H,20,22). The monoisotopic (exact) mass is 333 g/mol. The Morgan fingerprint density at radius 3 is 2.70 bits per heavy atom. The Hall–Kier alpha value is -2.60. The van der Waals surface area contributed by atoms with Gasteiger partial charge in [0, 0.05) is 17.3 Å². The van der Waals surface area contributed by atoms with Crippen molar-refractivity contribution >= 4 is 29.1 Å². The lowest BCUT2D eigenvalue weighted by atomic mass is 10.2. The molecule has 0 fully saturated rings. The summed E-state index contributed by atoms with van der Waals surface area (Å²) in [7, 11) is 1.46. The number of methoxy groups -OCH3 is 1. The number of nitrogens with one attached hydrogen (secondary N) is 2. The number of nitrogens with zero attached hydrogens (tertiary/aromatic N) is 1. The lowest BCUT2D eigenvalue weighted by molar-refractivity contribution is -0.136. The molecule has 0 bridgehead atoms. The second-order valence-corrected chi connectivity index (χ2v) is 5.17. The third-order valence-electron chi connectivity index (χ3n) is 3.09. The average molecular weight is 334 g/mol. The van der Waals surface area contributed by atoms with Crippen LogP contribution in [0.1, 0.15) is 11.3 Å². The van der Waals surface area contributed by atoms with Crippen LogP contribution >= 0.6 is 11.6 Å². The van der Waals surface area contributed by atoms with E-state index in [9.17, 15) is 9.59 Å². The summed E-state index contributed by atoms with van der Waals surface area (Å²) in [6.07, 6.45) is 1.61. The van der Waals surface area contributed by atoms with Crippen LogP contribution in [-0.4, -0.2) is 23.9 Å². The van der Waals surface area contributed by atoms with Crippen molar-refractivity contribution in [2.24, 2.45) is 0 Å². The molecule has 1 heterocycles. The zero-order valence-electron chi connectivity index (χ0n) is 12.7. The summed E-state index contributed by atoms with van der Waals surface area (Å²) < 4.78 is 5.15. The van der Waals surface area contributed by atoms with Gasteiger partial charge in [-0.3, -0.25) is 14.6 Å². The quantitative estimate of drug-likeness (QED) is 0.841. The third kappa shape index (κ3) is 4.43. The molecule has 0 radical (unpaired) electrons. The first-order valence-corrected chi connectivity index (χ1v) is 7.22. The molecule has 0 aliphatic heterocycles. The first-order chi connectivity index (χ1) is 11.0. The van der Waals surface area contributed by atoms with Gasteiger partial charge >= 0.3 is 11.8 Å². The van der Waals surface area contributed by atoms with Crippen LogP contribution in [0, 0.1) is 6.92 Å². The number of hydrogen-bond donors (Lipinski definition) is 2. The molecule has 2 rings (SSSR count). The van der Waals surface area contributed by atoms with E-state index in [1.165, 1.54) is 7.11 Å². The minimum absolute atomic E-state index is 0.171. The van der Waals surface area contributed by atoms with E-state index >= 15 is 0 Å². The van der Waals surface area contributed by atoms with Crippen molar-refractivity contribution in [3.05, 3.63) is 52.8 Å². The number of aryl methyl sites for hydroxylation is 1. The molecule has 0 aliphatic rings. The van der Waals surface area contributed by atoms with Crippen molar-refractivity contribution < 1.29 is 14.3 Å². The first kappa shape index (κ1) is 16.8. The number of rotatable bonds is 4. The van der Waals surface area contributed by atoms with Crippen molar-refractivity contribution in [1.82, 2.24) is 10.3 Å². The lowest BCUT2D eigenvalue weighted by Crippen LogP contribution is -2.35. The number of benzene rings is 1. The van der Waals surface area contributed by atoms with Crippen LogP contribution in [-0.2, 0) is 16.1 Å². The number of hydrogen-bond acceptors (Lipinski definition) is 4. The van der Waals surface area contributed by atoms with Gasteiger partial charge < -0.3 is 15.4 Å². The van der Waals surface area contributed by atoms with Crippen molar-refractivity contribution in [2.75, 3.05) is 12.4 Å². The number of halogens is 1. The summed E-state index contributed by atoms with van der Waals surface area (Å²) in [4.78, 5) is 27.9. The van der Waals surface area contributed by atoms with Gasteiger partial charge in [-0.05, 0) is 30.7 Å². The normalized spacial score (nSPS) is 10.0. The van der Waals surface area contributed by atoms with E-state index in [1.807, 2.05) is 0 Å². The number of pyridine rings is 1. The highest BCUT2D eigenvalue weighted by Gasteiger charge is 2.16.